The molecule has 3 rings (SSSR count). The second-order valence-corrected chi connectivity index (χ2v) is 6.48. The first kappa shape index (κ1) is 18.5. The Morgan fingerprint density at radius 1 is 1.27 bits per heavy atom. The van der Waals surface area contributed by atoms with E-state index in [0.717, 1.165) is 16.9 Å². The molecule has 1 aromatic carbocycles. The maximum absolute atomic E-state index is 12.4. The highest BCUT2D eigenvalue weighted by Gasteiger charge is 2.30. The molecule has 6 nitrogen and oxygen atoms in total. The Hall–Kier alpha value is -2.34. The zero-order valence-corrected chi connectivity index (χ0v) is 15.5. The van der Waals surface area contributed by atoms with Gasteiger partial charge in [-0.15, -0.1) is 11.6 Å². The van der Waals surface area contributed by atoms with Gasteiger partial charge in [-0.2, -0.15) is 5.10 Å². The fraction of sp³-hybridized carbons (Fsp3) is 0.421. The van der Waals surface area contributed by atoms with E-state index < -0.39 is 5.97 Å². The minimum atomic E-state index is -0.450. The van der Waals surface area contributed by atoms with Crippen molar-refractivity contribution in [2.24, 2.45) is 0 Å². The van der Waals surface area contributed by atoms with Gasteiger partial charge in [-0.25, -0.2) is 9.48 Å². The summed E-state index contributed by atoms with van der Waals surface area (Å²) in [5.41, 5.74) is 2.92. The maximum atomic E-state index is 12.4. The van der Waals surface area contributed by atoms with Gasteiger partial charge in [0.2, 0.25) is 5.91 Å². The second-order valence-electron chi connectivity index (χ2n) is 6.10. The molecule has 1 aliphatic rings. The lowest BCUT2D eigenvalue weighted by molar-refractivity contribution is -0.132. The predicted octanol–water partition coefficient (Wildman–Crippen LogP) is 2.95. The van der Waals surface area contributed by atoms with Gasteiger partial charge in [-0.05, 0) is 25.5 Å². The zero-order valence-electron chi connectivity index (χ0n) is 14.8. The predicted molar refractivity (Wildman–Crippen MR) is 98.6 cm³/mol. The van der Waals surface area contributed by atoms with Gasteiger partial charge in [0.1, 0.15) is 0 Å². The van der Waals surface area contributed by atoms with E-state index in [0.29, 0.717) is 43.9 Å². The van der Waals surface area contributed by atoms with Crippen LogP contribution in [0.25, 0.3) is 5.69 Å². The van der Waals surface area contributed by atoms with Crippen LogP contribution in [0, 0.1) is 0 Å². The summed E-state index contributed by atoms with van der Waals surface area (Å²) in [4.78, 5) is 26.5. The molecule has 0 saturated carbocycles. The van der Waals surface area contributed by atoms with Crippen molar-refractivity contribution in [3.05, 3.63) is 47.3 Å². The van der Waals surface area contributed by atoms with Gasteiger partial charge in [0.15, 0.2) is 5.69 Å². The van der Waals surface area contributed by atoms with Gasteiger partial charge in [0, 0.05) is 37.4 Å². The quantitative estimate of drug-likeness (QED) is 0.575. The van der Waals surface area contributed by atoms with Crippen LogP contribution in [-0.2, 0) is 22.5 Å². The highest BCUT2D eigenvalue weighted by molar-refractivity contribution is 6.17. The average molecular weight is 376 g/mol. The van der Waals surface area contributed by atoms with Crippen LogP contribution in [-0.4, -0.2) is 45.6 Å². The Bertz CT molecular complexity index is 789. The molecule has 0 N–H and O–H groups in total. The number of alkyl halides is 1. The fourth-order valence-electron chi connectivity index (χ4n) is 3.15. The number of hydrogen-bond acceptors (Lipinski definition) is 4. The smallest absolute Gasteiger partial charge is 0.359 e. The van der Waals surface area contributed by atoms with Gasteiger partial charge >= 0.3 is 5.97 Å². The molecular weight excluding hydrogens is 354 g/mol. The van der Waals surface area contributed by atoms with E-state index in [2.05, 4.69) is 5.10 Å². The van der Waals surface area contributed by atoms with Crippen LogP contribution in [0.3, 0.4) is 0 Å². The number of esters is 1. The van der Waals surface area contributed by atoms with Crippen molar-refractivity contribution in [1.29, 1.82) is 0 Å². The van der Waals surface area contributed by atoms with Crippen molar-refractivity contribution in [1.82, 2.24) is 14.7 Å². The van der Waals surface area contributed by atoms with Gasteiger partial charge in [0.25, 0.3) is 0 Å². The number of halogens is 1. The molecule has 0 saturated heterocycles. The molecule has 0 aliphatic carbocycles. The molecule has 1 amide bonds. The fourth-order valence-corrected chi connectivity index (χ4v) is 3.29. The van der Waals surface area contributed by atoms with Crippen molar-refractivity contribution < 1.29 is 14.3 Å². The highest BCUT2D eigenvalue weighted by Crippen LogP contribution is 2.26. The molecule has 0 radical (unpaired) electrons. The summed E-state index contributed by atoms with van der Waals surface area (Å²) < 4.78 is 6.96. The molecule has 1 aliphatic heterocycles. The van der Waals surface area contributed by atoms with Gasteiger partial charge in [-0.3, -0.25) is 4.79 Å². The Kier molecular flexibility index (Phi) is 5.93. The van der Waals surface area contributed by atoms with E-state index in [1.807, 2.05) is 30.3 Å². The third kappa shape index (κ3) is 3.75. The average Bonchev–Trinajstić information content (AvgIpc) is 3.06. The van der Waals surface area contributed by atoms with Crippen molar-refractivity contribution in [2.45, 2.75) is 32.7 Å². The molecule has 0 spiro atoms. The van der Waals surface area contributed by atoms with E-state index in [1.54, 1.807) is 16.5 Å². The topological polar surface area (TPSA) is 64.4 Å². The van der Waals surface area contributed by atoms with Crippen molar-refractivity contribution >= 4 is 23.5 Å². The molecule has 0 fully saturated rings. The number of rotatable bonds is 6. The van der Waals surface area contributed by atoms with Crippen molar-refractivity contribution in [3.63, 3.8) is 0 Å². The third-order valence-corrected chi connectivity index (χ3v) is 4.67. The summed E-state index contributed by atoms with van der Waals surface area (Å²) in [5, 5.41) is 4.52. The van der Waals surface area contributed by atoms with Crippen LogP contribution >= 0.6 is 11.6 Å². The minimum Gasteiger partial charge on any atom is -0.461 e. The first-order chi connectivity index (χ1) is 12.7. The summed E-state index contributed by atoms with van der Waals surface area (Å²) in [6.07, 6.45) is 1.71. The molecular formula is C19H22ClN3O3. The summed E-state index contributed by atoms with van der Waals surface area (Å²) >= 11 is 5.69. The Labute approximate surface area is 157 Å². The van der Waals surface area contributed by atoms with Gasteiger partial charge in [-0.1, -0.05) is 18.2 Å². The van der Waals surface area contributed by atoms with E-state index >= 15 is 0 Å². The molecule has 0 bridgehead atoms. The number of fused-ring (bicyclic) bond motifs is 1. The van der Waals surface area contributed by atoms with Gasteiger partial charge in [0.05, 0.1) is 18.0 Å². The molecule has 26 heavy (non-hydrogen) atoms. The van der Waals surface area contributed by atoms with Crippen LogP contribution in [0.15, 0.2) is 30.3 Å². The number of nitrogens with zero attached hydrogens (tertiary/aromatic N) is 3. The third-order valence-electron chi connectivity index (χ3n) is 4.40. The van der Waals surface area contributed by atoms with Crippen LogP contribution in [0.4, 0.5) is 0 Å². The summed E-state index contributed by atoms with van der Waals surface area (Å²) in [6.45, 7) is 3.02. The second kappa shape index (κ2) is 8.36. The number of carbonyl (C=O) groups excluding carboxylic acids is 2. The van der Waals surface area contributed by atoms with E-state index in [1.165, 1.54) is 0 Å². The molecule has 1 aromatic heterocycles. The highest BCUT2D eigenvalue weighted by atomic mass is 35.5. The molecule has 0 unspecified atom stereocenters. The summed E-state index contributed by atoms with van der Waals surface area (Å²) in [5.74, 6) is 0.0669. The molecule has 138 valence electrons. The Morgan fingerprint density at radius 2 is 2.04 bits per heavy atom. The monoisotopic (exact) mass is 375 g/mol. The lowest BCUT2D eigenvalue weighted by Crippen LogP contribution is -2.36. The number of ether oxygens (including phenoxy) is 1. The lowest BCUT2D eigenvalue weighted by Gasteiger charge is -2.28. The van der Waals surface area contributed by atoms with Crippen LogP contribution in [0.1, 0.15) is 41.5 Å². The van der Waals surface area contributed by atoms with E-state index in [-0.39, 0.29) is 12.5 Å². The number of carbonyl (C=O) groups is 2. The largest absolute Gasteiger partial charge is 0.461 e. The number of aromatic nitrogens is 2. The number of hydrogen-bond donors (Lipinski definition) is 0. The van der Waals surface area contributed by atoms with Crippen LogP contribution in [0.2, 0.25) is 0 Å². The van der Waals surface area contributed by atoms with Crippen LogP contribution in [0.5, 0.6) is 0 Å². The Morgan fingerprint density at radius 3 is 2.73 bits per heavy atom. The Balaban J connectivity index is 1.96. The first-order valence-electron chi connectivity index (χ1n) is 8.82. The van der Waals surface area contributed by atoms with Crippen molar-refractivity contribution in [3.8, 4) is 5.69 Å². The number of amides is 1. The molecule has 2 aromatic rings. The maximum Gasteiger partial charge on any atom is 0.359 e. The molecule has 0 atom stereocenters. The van der Waals surface area contributed by atoms with Gasteiger partial charge < -0.3 is 9.64 Å². The standard InChI is InChI=1S/C19H22ClN3O3/c1-2-26-19(25)18-15-13-22(17(24)9-6-11-20)12-10-16(15)23(21-18)14-7-4-3-5-8-14/h3-5,7-8H,2,6,9-13H2,1H3. The molecule has 7 heteroatoms. The number of para-hydroxylation sites is 1. The minimum absolute atomic E-state index is 0.0542. The lowest BCUT2D eigenvalue weighted by atomic mass is 10.0. The van der Waals surface area contributed by atoms with Crippen LogP contribution < -0.4 is 0 Å². The number of benzene rings is 1. The molecule has 2 heterocycles. The summed E-state index contributed by atoms with van der Waals surface area (Å²) in [6, 6.07) is 9.68. The first-order valence-corrected chi connectivity index (χ1v) is 9.36. The van der Waals surface area contributed by atoms with Crippen molar-refractivity contribution in [2.75, 3.05) is 19.0 Å². The summed E-state index contributed by atoms with van der Waals surface area (Å²) in [7, 11) is 0. The van der Waals surface area contributed by atoms with E-state index in [9.17, 15) is 9.59 Å². The SMILES string of the molecule is CCOC(=O)c1nn(-c2ccccc2)c2c1CN(C(=O)CCCCl)CC2. The van der Waals surface area contributed by atoms with E-state index in [4.69, 9.17) is 16.3 Å². The normalized spacial score (nSPS) is 13.4. The zero-order chi connectivity index (χ0) is 18.5.